The lowest BCUT2D eigenvalue weighted by atomic mass is 9.53. The van der Waals surface area contributed by atoms with Crippen molar-refractivity contribution in [1.82, 2.24) is 0 Å². The van der Waals surface area contributed by atoms with Crippen molar-refractivity contribution in [3.8, 4) is 0 Å². The summed E-state index contributed by atoms with van der Waals surface area (Å²) in [7, 11) is 0. The van der Waals surface area contributed by atoms with E-state index in [1.807, 2.05) is 0 Å². The Morgan fingerprint density at radius 3 is 1.50 bits per heavy atom. The summed E-state index contributed by atoms with van der Waals surface area (Å²) in [6.45, 7) is 0. The molecule has 0 aromatic heterocycles. The Labute approximate surface area is 177 Å². The summed E-state index contributed by atoms with van der Waals surface area (Å²) in [5.41, 5.74) is 0.686. The molecule has 0 aromatic rings. The molecule has 0 heterocycles. The monoisotopic (exact) mass is 385 g/mol. The smallest absolute Gasteiger partial charge is 0.0143 e. The van der Waals surface area contributed by atoms with E-state index >= 15 is 0 Å². The molecule has 0 saturated heterocycles. The Hall–Kier alpha value is 0. The fourth-order valence-corrected chi connectivity index (χ4v) is 7.88. The van der Waals surface area contributed by atoms with Crippen LogP contribution in [0.4, 0.5) is 0 Å². The van der Waals surface area contributed by atoms with E-state index in [1.165, 1.54) is 96.3 Å². The van der Waals surface area contributed by atoms with Crippen LogP contribution < -0.4 is 0 Å². The maximum atomic E-state index is 2.19. The van der Waals surface area contributed by atoms with E-state index in [9.17, 15) is 0 Å². The third-order valence-electron chi connectivity index (χ3n) is 9.37. The molecular weight excluding hydrogens is 336 g/mol. The summed E-state index contributed by atoms with van der Waals surface area (Å²) in [6.07, 6.45) is 35.4. The molecule has 0 N–H and O–H groups in total. The highest BCUT2D eigenvalue weighted by Crippen LogP contribution is 2.64. The van der Waals surface area contributed by atoms with Gasteiger partial charge in [-0.1, -0.05) is 96.3 Å². The average Bonchev–Trinajstić information content (AvgIpc) is 3.53. The highest BCUT2D eigenvalue weighted by atomic mass is 14.6. The van der Waals surface area contributed by atoms with E-state index < -0.39 is 0 Å². The van der Waals surface area contributed by atoms with Gasteiger partial charge in [0.05, 0.1) is 0 Å². The zero-order chi connectivity index (χ0) is 19.1. The molecule has 28 heavy (non-hydrogen) atoms. The summed E-state index contributed by atoms with van der Waals surface area (Å²) in [5.74, 6) is 5.34. The number of rotatable bonds is 3. The van der Waals surface area contributed by atoms with Gasteiger partial charge in [0.2, 0.25) is 0 Å². The lowest BCUT2D eigenvalue weighted by Crippen LogP contribution is -2.43. The molecule has 1 radical (unpaired) electrons. The van der Waals surface area contributed by atoms with Crippen molar-refractivity contribution in [2.45, 2.75) is 148 Å². The molecule has 4 rings (SSSR count). The van der Waals surface area contributed by atoms with Crippen LogP contribution in [0, 0.1) is 29.1 Å². The van der Waals surface area contributed by atoms with Crippen molar-refractivity contribution < 1.29 is 0 Å². The number of hydrogen-bond donors (Lipinski definition) is 0. The molecule has 4 aliphatic rings. The van der Waals surface area contributed by atoms with Crippen LogP contribution in [0.5, 0.6) is 0 Å². The van der Waals surface area contributed by atoms with Gasteiger partial charge in [-0.3, -0.25) is 0 Å². The second-order valence-corrected chi connectivity index (χ2v) is 11.2. The van der Waals surface area contributed by atoms with E-state index in [2.05, 4.69) is 5.92 Å². The SMILES string of the molecule is C1CCCCC(C2CCCCCC2)(C2CC2)[C](C2CCCCCCC2)CCC1. The lowest BCUT2D eigenvalue weighted by molar-refractivity contribution is 0.0709. The van der Waals surface area contributed by atoms with Gasteiger partial charge in [-0.05, 0) is 80.5 Å². The zero-order valence-corrected chi connectivity index (χ0v) is 19.0. The van der Waals surface area contributed by atoms with Gasteiger partial charge >= 0.3 is 0 Å². The normalized spacial score (nSPS) is 34.3. The minimum atomic E-state index is 0.686. The van der Waals surface area contributed by atoms with Gasteiger partial charge in [-0.15, -0.1) is 0 Å². The first-order valence-corrected chi connectivity index (χ1v) is 13.8. The molecule has 0 amide bonds. The van der Waals surface area contributed by atoms with Gasteiger partial charge in [-0.2, -0.15) is 0 Å². The Kier molecular flexibility index (Phi) is 8.24. The van der Waals surface area contributed by atoms with E-state index in [4.69, 9.17) is 0 Å². The van der Waals surface area contributed by atoms with Crippen LogP contribution in [0.3, 0.4) is 0 Å². The Bertz CT molecular complexity index is 419. The molecule has 4 saturated carbocycles. The Balaban J connectivity index is 1.63. The van der Waals surface area contributed by atoms with E-state index in [-0.39, 0.29) is 0 Å². The molecule has 4 aliphatic carbocycles. The fourth-order valence-electron chi connectivity index (χ4n) is 7.88. The molecule has 0 heteroatoms. The van der Waals surface area contributed by atoms with Crippen LogP contribution in [-0.2, 0) is 0 Å². The summed E-state index contributed by atoms with van der Waals surface area (Å²) in [5, 5.41) is 0. The van der Waals surface area contributed by atoms with Crippen LogP contribution in [0.25, 0.3) is 0 Å². The predicted octanol–water partition coefficient (Wildman–Crippen LogP) is 9.42. The fraction of sp³-hybridized carbons (Fsp3) is 0.964. The molecule has 4 fully saturated rings. The second kappa shape index (κ2) is 10.9. The van der Waals surface area contributed by atoms with Crippen LogP contribution in [0.15, 0.2) is 0 Å². The van der Waals surface area contributed by atoms with Crippen LogP contribution in [-0.4, -0.2) is 0 Å². The highest BCUT2D eigenvalue weighted by molar-refractivity contribution is 5.18. The minimum Gasteiger partial charge on any atom is -0.0533 e. The Morgan fingerprint density at radius 2 is 0.893 bits per heavy atom. The largest absolute Gasteiger partial charge is 0.0533 e. The van der Waals surface area contributed by atoms with Crippen molar-refractivity contribution in [1.29, 1.82) is 0 Å². The first kappa shape index (κ1) is 21.2. The van der Waals surface area contributed by atoms with Crippen LogP contribution in [0.1, 0.15) is 148 Å². The zero-order valence-electron chi connectivity index (χ0n) is 19.0. The standard InChI is InChI=1S/C28H49/c1-2-9-15-23-28(26-21-22-26,25-18-12-7-8-13-19-25)27(20-14-6-1)24-16-10-4-3-5-11-17-24/h24-26H,1-23H2. The molecule has 0 nitrogen and oxygen atoms in total. The third kappa shape index (κ3) is 5.18. The van der Waals surface area contributed by atoms with Crippen molar-refractivity contribution >= 4 is 0 Å². The maximum absolute atomic E-state index is 2.19. The maximum Gasteiger partial charge on any atom is -0.0143 e. The van der Waals surface area contributed by atoms with Gasteiger partial charge in [-0.25, -0.2) is 0 Å². The molecule has 161 valence electrons. The highest BCUT2D eigenvalue weighted by Gasteiger charge is 2.55. The van der Waals surface area contributed by atoms with Crippen molar-refractivity contribution in [3.63, 3.8) is 0 Å². The summed E-state index contributed by atoms with van der Waals surface area (Å²) in [4.78, 5) is 0. The van der Waals surface area contributed by atoms with Gasteiger partial charge in [0.1, 0.15) is 0 Å². The Morgan fingerprint density at radius 1 is 0.429 bits per heavy atom. The van der Waals surface area contributed by atoms with E-state index in [1.54, 1.807) is 51.4 Å². The van der Waals surface area contributed by atoms with Gasteiger partial charge in [0, 0.05) is 0 Å². The molecule has 0 aliphatic heterocycles. The summed E-state index contributed by atoms with van der Waals surface area (Å²) in [6, 6.07) is 0. The quantitative estimate of drug-likeness (QED) is 0.424. The third-order valence-corrected chi connectivity index (χ3v) is 9.37. The molecular formula is C28H49. The first-order valence-electron chi connectivity index (χ1n) is 13.8. The minimum absolute atomic E-state index is 0.686. The van der Waals surface area contributed by atoms with E-state index in [0.717, 1.165) is 17.8 Å². The molecule has 1 unspecified atom stereocenters. The molecule has 0 aromatic carbocycles. The lowest BCUT2D eigenvalue weighted by Gasteiger charge is -2.51. The van der Waals surface area contributed by atoms with Gasteiger partial charge in [0.25, 0.3) is 0 Å². The van der Waals surface area contributed by atoms with Gasteiger partial charge in [0.15, 0.2) is 0 Å². The second-order valence-electron chi connectivity index (χ2n) is 11.2. The number of hydrogen-bond acceptors (Lipinski definition) is 0. The first-order chi connectivity index (χ1) is 13.9. The summed E-state index contributed by atoms with van der Waals surface area (Å²) >= 11 is 0. The van der Waals surface area contributed by atoms with Crippen LogP contribution >= 0.6 is 0 Å². The van der Waals surface area contributed by atoms with Crippen molar-refractivity contribution in [2.75, 3.05) is 0 Å². The van der Waals surface area contributed by atoms with Gasteiger partial charge < -0.3 is 0 Å². The topological polar surface area (TPSA) is 0 Å². The van der Waals surface area contributed by atoms with Crippen molar-refractivity contribution in [2.24, 2.45) is 23.2 Å². The van der Waals surface area contributed by atoms with Crippen molar-refractivity contribution in [3.05, 3.63) is 5.92 Å². The van der Waals surface area contributed by atoms with E-state index in [0.29, 0.717) is 5.41 Å². The molecule has 0 spiro atoms. The average molecular weight is 386 g/mol. The predicted molar refractivity (Wildman–Crippen MR) is 122 cm³/mol. The van der Waals surface area contributed by atoms with Crippen LogP contribution in [0.2, 0.25) is 0 Å². The molecule has 0 bridgehead atoms. The summed E-state index contributed by atoms with van der Waals surface area (Å²) < 4.78 is 0. The molecule has 1 atom stereocenters.